The molecular weight excluding hydrogens is 328 g/mol. The Morgan fingerprint density at radius 3 is 2.40 bits per heavy atom. The Morgan fingerprint density at radius 1 is 1.08 bits per heavy atom. The summed E-state index contributed by atoms with van der Waals surface area (Å²) >= 11 is 0. The molecule has 0 spiro atoms. The minimum Gasteiger partial charge on any atom is -0.481 e. The number of esters is 1. The van der Waals surface area contributed by atoms with Crippen molar-refractivity contribution >= 4 is 5.97 Å². The number of aryl methyl sites for hydroxylation is 2. The van der Waals surface area contributed by atoms with Crippen molar-refractivity contribution in [1.29, 1.82) is 0 Å². The van der Waals surface area contributed by atoms with E-state index < -0.39 is 17.6 Å². The summed E-state index contributed by atoms with van der Waals surface area (Å²) in [6.45, 7) is 4.34. The number of carbonyl (C=O) groups excluding carboxylic acids is 1. The minimum absolute atomic E-state index is 0.144. The third kappa shape index (κ3) is 5.26. The van der Waals surface area contributed by atoms with Crippen LogP contribution in [-0.4, -0.2) is 19.7 Å². The number of carbonyl (C=O) groups is 1. The maximum Gasteiger partial charge on any atom is 0.343 e. The summed E-state index contributed by atoms with van der Waals surface area (Å²) in [6, 6.07) is 7.25. The van der Waals surface area contributed by atoms with Crippen LogP contribution in [0.3, 0.4) is 0 Å². The van der Waals surface area contributed by atoms with Crippen LogP contribution in [0.25, 0.3) is 0 Å². The van der Waals surface area contributed by atoms with Crippen molar-refractivity contribution in [2.24, 2.45) is 0 Å². The Bertz CT molecular complexity index is 739. The van der Waals surface area contributed by atoms with Crippen LogP contribution in [0.5, 0.6) is 5.75 Å². The number of nitrogens with one attached hydrogen (secondary N) is 1. The first-order chi connectivity index (χ1) is 11.9. The molecule has 0 atom stereocenters. The number of hydrogen-bond acceptors (Lipinski definition) is 4. The van der Waals surface area contributed by atoms with E-state index in [9.17, 15) is 13.6 Å². The lowest BCUT2D eigenvalue weighted by Gasteiger charge is -2.14. The van der Waals surface area contributed by atoms with Gasteiger partial charge in [0.25, 0.3) is 0 Å². The number of halogens is 2. The topological polar surface area (TPSA) is 47.6 Å². The van der Waals surface area contributed by atoms with E-state index in [0.29, 0.717) is 12.3 Å². The number of ether oxygens (including phenoxy) is 2. The lowest BCUT2D eigenvalue weighted by molar-refractivity contribution is -0.142. The third-order valence-electron chi connectivity index (χ3n) is 3.73. The van der Waals surface area contributed by atoms with E-state index in [-0.39, 0.29) is 18.7 Å². The second-order valence-electron chi connectivity index (χ2n) is 5.76. The van der Waals surface area contributed by atoms with E-state index in [2.05, 4.69) is 10.1 Å². The standard InChI is InChI=1S/C19H21F2NO3/c1-12-6-14(7-13(2)19(12)25-11-18(23)24-3)9-22-10-15-8-16(20)4-5-17(15)21/h4-8,22H,9-11H2,1-3H3. The summed E-state index contributed by atoms with van der Waals surface area (Å²) in [6.07, 6.45) is 0. The Hall–Kier alpha value is -2.47. The van der Waals surface area contributed by atoms with E-state index in [1.54, 1.807) is 0 Å². The molecule has 2 aromatic rings. The Morgan fingerprint density at radius 2 is 1.76 bits per heavy atom. The molecule has 2 aromatic carbocycles. The van der Waals surface area contributed by atoms with Crippen LogP contribution in [-0.2, 0) is 22.6 Å². The third-order valence-corrected chi connectivity index (χ3v) is 3.73. The van der Waals surface area contributed by atoms with Crippen molar-refractivity contribution in [3.8, 4) is 5.75 Å². The van der Waals surface area contributed by atoms with Gasteiger partial charge in [0, 0.05) is 18.7 Å². The summed E-state index contributed by atoms with van der Waals surface area (Å²) in [5, 5.41) is 3.10. The van der Waals surface area contributed by atoms with E-state index in [0.717, 1.165) is 28.8 Å². The first-order valence-electron chi connectivity index (χ1n) is 7.85. The normalized spacial score (nSPS) is 10.6. The number of benzene rings is 2. The van der Waals surface area contributed by atoms with E-state index >= 15 is 0 Å². The highest BCUT2D eigenvalue weighted by atomic mass is 19.1. The number of hydrogen-bond donors (Lipinski definition) is 1. The fraction of sp³-hybridized carbons (Fsp3) is 0.316. The summed E-state index contributed by atoms with van der Waals surface area (Å²) in [4.78, 5) is 11.2. The molecule has 0 radical (unpaired) electrons. The monoisotopic (exact) mass is 349 g/mol. The summed E-state index contributed by atoms with van der Waals surface area (Å²) in [5.41, 5.74) is 3.04. The Labute approximate surface area is 145 Å². The maximum absolute atomic E-state index is 13.6. The van der Waals surface area contributed by atoms with Crippen molar-refractivity contribution in [2.45, 2.75) is 26.9 Å². The fourth-order valence-corrected chi connectivity index (χ4v) is 2.58. The van der Waals surface area contributed by atoms with Crippen molar-refractivity contribution in [1.82, 2.24) is 5.32 Å². The lowest BCUT2D eigenvalue weighted by atomic mass is 10.1. The van der Waals surface area contributed by atoms with Gasteiger partial charge in [0.1, 0.15) is 17.4 Å². The molecule has 25 heavy (non-hydrogen) atoms. The zero-order valence-corrected chi connectivity index (χ0v) is 14.5. The van der Waals surface area contributed by atoms with Crippen LogP contribution in [0.4, 0.5) is 8.78 Å². The molecule has 134 valence electrons. The summed E-state index contributed by atoms with van der Waals surface area (Å²) < 4.78 is 36.8. The zero-order chi connectivity index (χ0) is 18.4. The van der Waals surface area contributed by atoms with Gasteiger partial charge in [-0.15, -0.1) is 0 Å². The van der Waals surface area contributed by atoms with Crippen LogP contribution in [0.15, 0.2) is 30.3 Å². The van der Waals surface area contributed by atoms with Gasteiger partial charge in [-0.25, -0.2) is 13.6 Å². The SMILES string of the molecule is COC(=O)COc1c(C)cc(CNCc2cc(F)ccc2F)cc1C. The van der Waals surface area contributed by atoms with Crippen molar-refractivity contribution in [3.63, 3.8) is 0 Å². The Kier molecular flexibility index (Phi) is 6.47. The van der Waals surface area contributed by atoms with Gasteiger partial charge in [0.2, 0.25) is 0 Å². The van der Waals surface area contributed by atoms with Gasteiger partial charge < -0.3 is 14.8 Å². The van der Waals surface area contributed by atoms with Crippen molar-refractivity contribution in [2.75, 3.05) is 13.7 Å². The minimum atomic E-state index is -0.461. The second kappa shape index (κ2) is 8.58. The fourth-order valence-electron chi connectivity index (χ4n) is 2.58. The predicted octanol–water partition coefficient (Wildman–Crippen LogP) is 3.42. The van der Waals surface area contributed by atoms with Gasteiger partial charge in [0.05, 0.1) is 7.11 Å². The van der Waals surface area contributed by atoms with Crippen molar-refractivity contribution in [3.05, 3.63) is 64.2 Å². The summed E-state index contributed by atoms with van der Waals surface area (Å²) in [5.74, 6) is -0.697. The molecule has 0 bridgehead atoms. The molecule has 0 aliphatic heterocycles. The van der Waals surface area contributed by atoms with Crippen LogP contribution >= 0.6 is 0 Å². The van der Waals surface area contributed by atoms with E-state index in [4.69, 9.17) is 4.74 Å². The number of rotatable bonds is 7. The quantitative estimate of drug-likeness (QED) is 0.778. The molecule has 0 heterocycles. The second-order valence-corrected chi connectivity index (χ2v) is 5.76. The van der Waals surface area contributed by atoms with Crippen LogP contribution in [0, 0.1) is 25.5 Å². The molecule has 0 unspecified atom stereocenters. The molecule has 0 saturated carbocycles. The van der Waals surface area contributed by atoms with E-state index in [1.807, 2.05) is 26.0 Å². The Balaban J connectivity index is 1.98. The van der Waals surface area contributed by atoms with E-state index in [1.165, 1.54) is 13.2 Å². The van der Waals surface area contributed by atoms with Crippen molar-refractivity contribution < 1.29 is 23.0 Å². The zero-order valence-electron chi connectivity index (χ0n) is 14.5. The van der Waals surface area contributed by atoms with Crippen LogP contribution in [0.2, 0.25) is 0 Å². The molecule has 0 saturated heterocycles. The maximum atomic E-state index is 13.6. The molecule has 4 nitrogen and oxygen atoms in total. The molecule has 6 heteroatoms. The molecule has 2 rings (SSSR count). The molecule has 0 fully saturated rings. The largest absolute Gasteiger partial charge is 0.481 e. The summed E-state index contributed by atoms with van der Waals surface area (Å²) in [7, 11) is 1.31. The van der Waals surface area contributed by atoms with Gasteiger partial charge in [-0.05, 0) is 48.7 Å². The highest BCUT2D eigenvalue weighted by Gasteiger charge is 2.10. The lowest BCUT2D eigenvalue weighted by Crippen LogP contribution is -2.15. The predicted molar refractivity (Wildman–Crippen MR) is 90.3 cm³/mol. The molecule has 0 aromatic heterocycles. The molecule has 0 aliphatic carbocycles. The first kappa shape index (κ1) is 18.9. The molecular formula is C19H21F2NO3. The molecule has 1 N–H and O–H groups in total. The van der Waals surface area contributed by atoms with Gasteiger partial charge in [0.15, 0.2) is 6.61 Å². The van der Waals surface area contributed by atoms with Crippen LogP contribution < -0.4 is 10.1 Å². The molecule has 0 aliphatic rings. The van der Waals surface area contributed by atoms with Gasteiger partial charge in [-0.1, -0.05) is 12.1 Å². The highest BCUT2D eigenvalue weighted by Crippen LogP contribution is 2.25. The number of methoxy groups -OCH3 is 1. The van der Waals surface area contributed by atoms with Gasteiger partial charge in [-0.3, -0.25) is 0 Å². The van der Waals surface area contributed by atoms with Gasteiger partial charge >= 0.3 is 5.97 Å². The highest BCUT2D eigenvalue weighted by molar-refractivity contribution is 5.71. The van der Waals surface area contributed by atoms with Crippen LogP contribution in [0.1, 0.15) is 22.3 Å². The first-order valence-corrected chi connectivity index (χ1v) is 7.85. The average molecular weight is 349 g/mol. The smallest absolute Gasteiger partial charge is 0.343 e. The average Bonchev–Trinajstić information content (AvgIpc) is 2.57. The molecule has 0 amide bonds. The van der Waals surface area contributed by atoms with Gasteiger partial charge in [-0.2, -0.15) is 0 Å².